The summed E-state index contributed by atoms with van der Waals surface area (Å²) in [5.74, 6) is 1.49. The van der Waals surface area contributed by atoms with Gasteiger partial charge in [0.05, 0.1) is 6.54 Å². The van der Waals surface area contributed by atoms with Crippen LogP contribution < -0.4 is 9.64 Å². The van der Waals surface area contributed by atoms with Crippen molar-refractivity contribution in [3.05, 3.63) is 71.2 Å². The predicted molar refractivity (Wildman–Crippen MR) is 116 cm³/mol. The van der Waals surface area contributed by atoms with Gasteiger partial charge in [-0.1, -0.05) is 30.3 Å². The highest BCUT2D eigenvalue weighted by Gasteiger charge is 2.33. The second-order valence-corrected chi connectivity index (χ2v) is 8.27. The van der Waals surface area contributed by atoms with E-state index in [-0.39, 0.29) is 17.8 Å². The molecule has 0 bridgehead atoms. The molecule has 1 aromatic carbocycles. The van der Waals surface area contributed by atoms with E-state index < -0.39 is 11.9 Å². The first kappa shape index (κ1) is 22.8. The van der Waals surface area contributed by atoms with Crippen molar-refractivity contribution >= 4 is 11.6 Å². The van der Waals surface area contributed by atoms with Gasteiger partial charge in [0.25, 0.3) is 0 Å². The maximum atomic E-state index is 12.9. The zero-order chi connectivity index (χ0) is 23.6. The van der Waals surface area contributed by atoms with Gasteiger partial charge in [-0.05, 0) is 42.7 Å². The van der Waals surface area contributed by atoms with Crippen molar-refractivity contribution in [1.82, 2.24) is 10.1 Å². The smallest absolute Gasteiger partial charge is 0.433 e. The number of hydrogen-bond donors (Lipinski definition) is 0. The molecule has 2 atom stereocenters. The standard InChI is InChI=1S/C24H24F3N3O3/c1-15(12-21(31)20-13-16(2)33-29-20)17-6-8-18(9-7-17)32-19-10-11-30(14-19)23-5-3-4-22(28-23)24(25,26)27/h3-9,13,15,19H,10-12,14H2,1-2H3/t15-,19?/m1/s1. The predicted octanol–water partition coefficient (Wildman–Crippen LogP) is 5.43. The first-order valence-corrected chi connectivity index (χ1v) is 10.7. The summed E-state index contributed by atoms with van der Waals surface area (Å²) in [4.78, 5) is 17.9. The van der Waals surface area contributed by atoms with Crippen LogP contribution in [-0.2, 0) is 6.18 Å². The summed E-state index contributed by atoms with van der Waals surface area (Å²) in [7, 11) is 0. The topological polar surface area (TPSA) is 68.5 Å². The van der Waals surface area contributed by atoms with Crippen molar-refractivity contribution in [2.24, 2.45) is 0 Å². The molecule has 0 spiro atoms. The van der Waals surface area contributed by atoms with Crippen LogP contribution in [0.4, 0.5) is 19.0 Å². The average molecular weight is 459 g/mol. The molecule has 1 unspecified atom stereocenters. The number of carbonyl (C=O) groups excluding carboxylic acids is 1. The molecule has 0 amide bonds. The highest BCUT2D eigenvalue weighted by Crippen LogP contribution is 2.30. The van der Waals surface area contributed by atoms with Crippen molar-refractivity contribution in [2.75, 3.05) is 18.0 Å². The monoisotopic (exact) mass is 459 g/mol. The van der Waals surface area contributed by atoms with Gasteiger partial charge < -0.3 is 14.2 Å². The van der Waals surface area contributed by atoms with Gasteiger partial charge in [-0.3, -0.25) is 4.79 Å². The van der Waals surface area contributed by atoms with Crippen molar-refractivity contribution in [3.8, 4) is 5.75 Å². The normalized spacial score (nSPS) is 17.2. The molecule has 0 radical (unpaired) electrons. The number of aromatic nitrogens is 2. The summed E-state index contributed by atoms with van der Waals surface area (Å²) < 4.78 is 49.8. The molecule has 1 aliphatic rings. The van der Waals surface area contributed by atoms with Gasteiger partial charge in [0.2, 0.25) is 0 Å². The fourth-order valence-electron chi connectivity index (χ4n) is 3.86. The molecule has 9 heteroatoms. The van der Waals surface area contributed by atoms with Crippen LogP contribution in [0.3, 0.4) is 0 Å². The minimum Gasteiger partial charge on any atom is -0.489 e. The second kappa shape index (κ2) is 9.25. The molecule has 174 valence electrons. The lowest BCUT2D eigenvalue weighted by Crippen LogP contribution is -2.25. The van der Waals surface area contributed by atoms with Crippen LogP contribution in [0.25, 0.3) is 0 Å². The largest absolute Gasteiger partial charge is 0.489 e. The third-order valence-corrected chi connectivity index (χ3v) is 5.65. The van der Waals surface area contributed by atoms with E-state index in [9.17, 15) is 18.0 Å². The zero-order valence-electron chi connectivity index (χ0n) is 18.3. The van der Waals surface area contributed by atoms with Crippen LogP contribution in [0, 0.1) is 6.92 Å². The number of hydrogen-bond acceptors (Lipinski definition) is 6. The summed E-state index contributed by atoms with van der Waals surface area (Å²) in [6.07, 6.45) is -3.62. The van der Waals surface area contributed by atoms with Gasteiger partial charge in [-0.15, -0.1) is 0 Å². The van der Waals surface area contributed by atoms with Crippen LogP contribution in [0.1, 0.15) is 53.2 Å². The molecular weight excluding hydrogens is 435 g/mol. The number of nitrogens with zero attached hydrogens (tertiary/aromatic N) is 3. The van der Waals surface area contributed by atoms with E-state index in [0.717, 1.165) is 11.6 Å². The fourth-order valence-corrected chi connectivity index (χ4v) is 3.86. The highest BCUT2D eigenvalue weighted by atomic mass is 19.4. The number of Topliss-reactive ketones (excluding diaryl/α,β-unsaturated/α-hetero) is 1. The SMILES string of the molecule is Cc1cc(C(=O)C[C@@H](C)c2ccc(OC3CCN(c4cccc(C(F)(F)F)n4)C3)cc2)no1. The Morgan fingerprint density at radius 1 is 1.24 bits per heavy atom. The number of anilines is 1. The molecule has 2 aromatic heterocycles. The summed E-state index contributed by atoms with van der Waals surface area (Å²) in [5.41, 5.74) is 0.434. The maximum absolute atomic E-state index is 12.9. The lowest BCUT2D eigenvalue weighted by molar-refractivity contribution is -0.141. The minimum absolute atomic E-state index is 0.00230. The van der Waals surface area contributed by atoms with Crippen LogP contribution in [-0.4, -0.2) is 35.1 Å². The molecular formula is C24H24F3N3O3. The molecule has 0 saturated carbocycles. The van der Waals surface area contributed by atoms with Crippen molar-refractivity contribution in [1.29, 1.82) is 0 Å². The summed E-state index contributed by atoms with van der Waals surface area (Å²) in [6.45, 7) is 4.74. The van der Waals surface area contributed by atoms with Crippen LogP contribution in [0.15, 0.2) is 53.1 Å². The molecule has 0 N–H and O–H groups in total. The molecule has 3 aromatic rings. The van der Waals surface area contributed by atoms with Gasteiger partial charge >= 0.3 is 6.18 Å². The van der Waals surface area contributed by atoms with E-state index in [2.05, 4.69) is 10.1 Å². The second-order valence-electron chi connectivity index (χ2n) is 8.27. The van der Waals surface area contributed by atoms with E-state index >= 15 is 0 Å². The molecule has 3 heterocycles. The summed E-state index contributed by atoms with van der Waals surface area (Å²) >= 11 is 0. The van der Waals surface area contributed by atoms with Crippen LogP contribution >= 0.6 is 0 Å². The Labute approximate surface area is 189 Å². The highest BCUT2D eigenvalue weighted by molar-refractivity contribution is 5.94. The van der Waals surface area contributed by atoms with E-state index in [4.69, 9.17) is 9.26 Å². The Kier molecular flexibility index (Phi) is 6.40. The number of aryl methyl sites for hydroxylation is 1. The molecule has 1 fully saturated rings. The molecule has 6 nitrogen and oxygen atoms in total. The quantitative estimate of drug-likeness (QED) is 0.439. The Morgan fingerprint density at radius 3 is 2.67 bits per heavy atom. The molecule has 33 heavy (non-hydrogen) atoms. The lowest BCUT2D eigenvalue weighted by atomic mass is 9.94. The Hall–Kier alpha value is -3.36. The summed E-state index contributed by atoms with van der Waals surface area (Å²) in [6, 6.07) is 13.1. The third-order valence-electron chi connectivity index (χ3n) is 5.65. The zero-order valence-corrected chi connectivity index (χ0v) is 18.3. The summed E-state index contributed by atoms with van der Waals surface area (Å²) in [5, 5.41) is 3.77. The van der Waals surface area contributed by atoms with E-state index in [1.54, 1.807) is 24.0 Å². The minimum atomic E-state index is -4.47. The first-order chi connectivity index (χ1) is 15.7. The third kappa shape index (κ3) is 5.53. The Bertz CT molecular complexity index is 1110. The fraction of sp³-hybridized carbons (Fsp3) is 0.375. The first-order valence-electron chi connectivity index (χ1n) is 10.7. The average Bonchev–Trinajstić information content (AvgIpc) is 3.43. The number of halogens is 3. The number of ketones is 1. The lowest BCUT2D eigenvalue weighted by Gasteiger charge is -2.19. The van der Waals surface area contributed by atoms with E-state index in [1.165, 1.54) is 6.07 Å². The Morgan fingerprint density at radius 2 is 2.00 bits per heavy atom. The van der Waals surface area contributed by atoms with Crippen molar-refractivity contribution < 1.29 is 27.2 Å². The molecule has 4 rings (SSSR count). The van der Waals surface area contributed by atoms with Crippen LogP contribution in [0.5, 0.6) is 5.75 Å². The Balaban J connectivity index is 1.33. The van der Waals surface area contributed by atoms with E-state index in [0.29, 0.717) is 49.0 Å². The molecule has 0 aliphatic carbocycles. The number of pyridine rings is 1. The van der Waals surface area contributed by atoms with Gasteiger partial charge in [-0.25, -0.2) is 4.98 Å². The van der Waals surface area contributed by atoms with Gasteiger partial charge in [-0.2, -0.15) is 13.2 Å². The number of ether oxygens (including phenoxy) is 1. The van der Waals surface area contributed by atoms with Gasteiger partial charge in [0, 0.05) is 25.5 Å². The molecule has 1 aliphatic heterocycles. The van der Waals surface area contributed by atoms with Crippen molar-refractivity contribution in [3.63, 3.8) is 0 Å². The van der Waals surface area contributed by atoms with Crippen molar-refractivity contribution in [2.45, 2.75) is 44.9 Å². The van der Waals surface area contributed by atoms with Crippen LogP contribution in [0.2, 0.25) is 0 Å². The van der Waals surface area contributed by atoms with Gasteiger partial charge in [0.15, 0.2) is 5.78 Å². The molecule has 1 saturated heterocycles. The number of carbonyl (C=O) groups is 1. The van der Waals surface area contributed by atoms with E-state index in [1.807, 2.05) is 31.2 Å². The number of benzene rings is 1. The maximum Gasteiger partial charge on any atom is 0.433 e. The number of alkyl halides is 3. The van der Waals surface area contributed by atoms with Gasteiger partial charge in [0.1, 0.15) is 34.8 Å². The number of rotatable bonds is 7.